The van der Waals surface area contributed by atoms with Gasteiger partial charge in [0.25, 0.3) is 11.8 Å². The first-order valence-corrected chi connectivity index (χ1v) is 20.0. The lowest BCUT2D eigenvalue weighted by atomic mass is 9.74. The van der Waals surface area contributed by atoms with E-state index in [-0.39, 0.29) is 30.8 Å². The fourth-order valence-electron chi connectivity index (χ4n) is 9.12. The van der Waals surface area contributed by atoms with Gasteiger partial charge in [0.05, 0.1) is 43.1 Å². The van der Waals surface area contributed by atoms with E-state index in [1.54, 1.807) is 12.1 Å². The molecular weight excluding hydrogens is 729 g/mol. The Balaban J connectivity index is 1.08. The van der Waals surface area contributed by atoms with E-state index in [9.17, 15) is 14.4 Å². The van der Waals surface area contributed by atoms with Crippen molar-refractivity contribution >= 4 is 35.0 Å². The molecule has 1 fully saturated rings. The summed E-state index contributed by atoms with van der Waals surface area (Å²) in [5.41, 5.74) is 14.1. The molecule has 4 aliphatic heterocycles. The SMILES string of the molecule is NC(=O)CN(CCN1CCOCC1)C(=O)c1ccc(CN2C(=O)c3ccccc3C3C(=O)N4CCN(Cc5ccccc5)c5c(-c6ccccc6)ccc(c54)C32)cc1. The predicted molar refractivity (Wildman–Crippen MR) is 222 cm³/mol. The van der Waals surface area contributed by atoms with Gasteiger partial charge in [-0.1, -0.05) is 103 Å². The van der Waals surface area contributed by atoms with Gasteiger partial charge >= 0.3 is 0 Å². The Kier molecular flexibility index (Phi) is 10.2. The molecule has 4 aliphatic rings. The van der Waals surface area contributed by atoms with Crippen LogP contribution in [0.15, 0.2) is 121 Å². The zero-order chi connectivity index (χ0) is 39.8. The van der Waals surface area contributed by atoms with Crippen LogP contribution in [0.5, 0.6) is 0 Å². The molecule has 0 spiro atoms. The van der Waals surface area contributed by atoms with E-state index in [0.29, 0.717) is 57.1 Å². The van der Waals surface area contributed by atoms with Crippen molar-refractivity contribution in [2.75, 3.05) is 68.8 Å². The average Bonchev–Trinajstić information content (AvgIpc) is 3.26. The summed E-state index contributed by atoms with van der Waals surface area (Å²) in [6, 6.07) is 39.0. The second-order valence-corrected chi connectivity index (χ2v) is 15.4. The van der Waals surface area contributed by atoms with Crippen LogP contribution >= 0.6 is 0 Å². The Morgan fingerprint density at radius 1 is 0.690 bits per heavy atom. The molecule has 2 unspecified atom stereocenters. The van der Waals surface area contributed by atoms with Gasteiger partial charge in [-0.15, -0.1) is 0 Å². The minimum atomic E-state index is -0.591. The zero-order valence-electron chi connectivity index (χ0n) is 32.3. The molecule has 0 aromatic heterocycles. The van der Waals surface area contributed by atoms with Crippen LogP contribution in [0.25, 0.3) is 11.1 Å². The van der Waals surface area contributed by atoms with E-state index in [4.69, 9.17) is 10.5 Å². The van der Waals surface area contributed by atoms with E-state index >= 15 is 4.79 Å². The molecule has 294 valence electrons. The quantitative estimate of drug-likeness (QED) is 0.189. The molecule has 4 amide bonds. The Bertz CT molecular complexity index is 2350. The number of rotatable bonds is 11. The smallest absolute Gasteiger partial charge is 0.255 e. The van der Waals surface area contributed by atoms with E-state index in [1.807, 2.05) is 82.6 Å². The van der Waals surface area contributed by atoms with Crippen molar-refractivity contribution in [1.82, 2.24) is 14.7 Å². The molecule has 0 saturated carbocycles. The molecule has 2 N–H and O–H groups in total. The predicted octanol–water partition coefficient (Wildman–Crippen LogP) is 5.46. The van der Waals surface area contributed by atoms with Crippen molar-refractivity contribution in [2.24, 2.45) is 5.73 Å². The van der Waals surface area contributed by atoms with Crippen LogP contribution in [0.2, 0.25) is 0 Å². The second-order valence-electron chi connectivity index (χ2n) is 15.4. The summed E-state index contributed by atoms with van der Waals surface area (Å²) in [5.74, 6) is -1.61. The molecule has 0 aliphatic carbocycles. The van der Waals surface area contributed by atoms with Crippen molar-refractivity contribution in [2.45, 2.75) is 25.0 Å². The molecule has 58 heavy (non-hydrogen) atoms. The van der Waals surface area contributed by atoms with Crippen molar-refractivity contribution in [3.05, 3.63) is 155 Å². The number of carbonyl (C=O) groups is 4. The highest BCUT2D eigenvalue weighted by Crippen LogP contribution is 2.56. The van der Waals surface area contributed by atoms with E-state index in [2.05, 4.69) is 46.2 Å². The Morgan fingerprint density at radius 3 is 2.12 bits per heavy atom. The maximum Gasteiger partial charge on any atom is 0.255 e. The number of carbonyl (C=O) groups excluding carboxylic acids is 4. The maximum absolute atomic E-state index is 15.0. The topological polar surface area (TPSA) is 120 Å². The van der Waals surface area contributed by atoms with Crippen LogP contribution in [-0.4, -0.2) is 97.4 Å². The molecule has 0 bridgehead atoms. The number of hydrogen-bond acceptors (Lipinski definition) is 7. The minimum Gasteiger partial charge on any atom is -0.379 e. The first kappa shape index (κ1) is 37.3. The largest absolute Gasteiger partial charge is 0.379 e. The number of primary amides is 1. The van der Waals surface area contributed by atoms with Crippen LogP contribution in [0.1, 0.15) is 54.9 Å². The Labute approximate surface area is 338 Å². The minimum absolute atomic E-state index is 0.0131. The molecule has 5 aromatic carbocycles. The van der Waals surface area contributed by atoms with Gasteiger partial charge in [0.1, 0.15) is 0 Å². The van der Waals surface area contributed by atoms with Crippen molar-refractivity contribution < 1.29 is 23.9 Å². The first-order valence-electron chi connectivity index (χ1n) is 20.0. The van der Waals surface area contributed by atoms with Gasteiger partial charge < -0.3 is 30.1 Å². The fraction of sp³-hybridized carbons (Fsp3) is 0.277. The molecule has 0 radical (unpaired) electrons. The van der Waals surface area contributed by atoms with Gasteiger partial charge in [-0.05, 0) is 40.5 Å². The average molecular weight is 775 g/mol. The highest BCUT2D eigenvalue weighted by Gasteiger charge is 2.52. The number of hydrogen-bond donors (Lipinski definition) is 1. The second kappa shape index (κ2) is 15.9. The summed E-state index contributed by atoms with van der Waals surface area (Å²) in [7, 11) is 0. The van der Waals surface area contributed by atoms with Gasteiger partial charge in [-0.25, -0.2) is 0 Å². The van der Waals surface area contributed by atoms with E-state index < -0.39 is 17.9 Å². The molecule has 9 rings (SSSR count). The summed E-state index contributed by atoms with van der Waals surface area (Å²) in [6.07, 6.45) is 0. The summed E-state index contributed by atoms with van der Waals surface area (Å²) in [5, 5.41) is 0. The number of nitrogens with zero attached hydrogens (tertiary/aromatic N) is 5. The first-order chi connectivity index (χ1) is 28.4. The fourth-order valence-corrected chi connectivity index (χ4v) is 9.12. The molecule has 4 heterocycles. The molecule has 11 nitrogen and oxygen atoms in total. The van der Waals surface area contributed by atoms with Crippen LogP contribution < -0.4 is 15.5 Å². The van der Waals surface area contributed by atoms with Crippen LogP contribution in [0.4, 0.5) is 11.4 Å². The highest BCUT2D eigenvalue weighted by atomic mass is 16.5. The summed E-state index contributed by atoms with van der Waals surface area (Å²) in [4.78, 5) is 65.3. The van der Waals surface area contributed by atoms with Gasteiger partial charge in [-0.2, -0.15) is 0 Å². The number of nitrogens with two attached hydrogens (primary N) is 1. The lowest BCUT2D eigenvalue weighted by Gasteiger charge is -2.51. The normalized spacial score (nSPS) is 18.7. The summed E-state index contributed by atoms with van der Waals surface area (Å²) < 4.78 is 5.45. The number of morpholine rings is 1. The van der Waals surface area contributed by atoms with Crippen molar-refractivity contribution in [1.29, 1.82) is 0 Å². The third kappa shape index (κ3) is 7.01. The molecular formula is C47H46N6O5. The maximum atomic E-state index is 15.0. The zero-order valence-corrected chi connectivity index (χ0v) is 32.3. The van der Waals surface area contributed by atoms with E-state index in [0.717, 1.165) is 52.3 Å². The number of benzene rings is 5. The number of amides is 4. The lowest BCUT2D eigenvalue weighted by molar-refractivity contribution is -0.122. The van der Waals surface area contributed by atoms with Gasteiger partial charge in [0, 0.05) is 74.6 Å². The lowest BCUT2D eigenvalue weighted by Crippen LogP contribution is -2.55. The van der Waals surface area contributed by atoms with Crippen LogP contribution in [-0.2, 0) is 27.4 Å². The number of ether oxygens (including phenoxy) is 1. The summed E-state index contributed by atoms with van der Waals surface area (Å²) >= 11 is 0. The highest BCUT2D eigenvalue weighted by molar-refractivity contribution is 6.11. The monoisotopic (exact) mass is 774 g/mol. The Hall–Kier alpha value is -6.30. The van der Waals surface area contributed by atoms with Crippen molar-refractivity contribution in [3.8, 4) is 11.1 Å². The molecule has 1 saturated heterocycles. The third-order valence-corrected chi connectivity index (χ3v) is 11.9. The number of fused-ring (bicyclic) bond motifs is 4. The van der Waals surface area contributed by atoms with Gasteiger partial charge in [0.2, 0.25) is 11.8 Å². The molecule has 5 aromatic rings. The van der Waals surface area contributed by atoms with Gasteiger partial charge in [0.15, 0.2) is 0 Å². The van der Waals surface area contributed by atoms with Crippen LogP contribution in [0.3, 0.4) is 0 Å². The van der Waals surface area contributed by atoms with Crippen LogP contribution in [0, 0.1) is 0 Å². The standard InChI is InChI=1S/C47H46N6O5/c48-40(54)31-51(22-21-49-25-27-58-28-26-49)45(55)35-17-15-33(16-18-35)30-53-42-39-20-19-36(34-11-5-2-6-12-34)43-44(39)52(24-23-50(43)29-32-9-3-1-4-10-32)47(57)41(42)37-13-7-8-14-38(37)46(53)56/h1-20,41-42H,21-31H2,(H2,48,54). The Morgan fingerprint density at radius 2 is 1.38 bits per heavy atom. The van der Waals surface area contributed by atoms with Crippen molar-refractivity contribution in [3.63, 3.8) is 0 Å². The van der Waals surface area contributed by atoms with Gasteiger partial charge in [-0.3, -0.25) is 24.1 Å². The third-order valence-electron chi connectivity index (χ3n) is 11.9. The van der Waals surface area contributed by atoms with E-state index in [1.165, 1.54) is 10.5 Å². The molecule has 2 atom stereocenters. The summed E-state index contributed by atoms with van der Waals surface area (Å²) in [6.45, 7) is 5.68. The molecule has 11 heteroatoms. The number of anilines is 2.